The minimum atomic E-state index is -4.61. The number of carboxylic acid groups (broad SMARTS) is 1. The van der Waals surface area contributed by atoms with E-state index in [1.54, 1.807) is 0 Å². The van der Waals surface area contributed by atoms with E-state index in [1.807, 2.05) is 0 Å². The molecule has 1 aliphatic rings. The standard InChI is InChI=1S/C9H9F3N2O3/c10-9(11,12)6-1-5(13-14-6)8(7(16)17)2-4(15)3-8/h1,4,15H,2-3H2,(H,13,14)(H,16,17). The van der Waals surface area contributed by atoms with Crippen LogP contribution >= 0.6 is 0 Å². The fourth-order valence-electron chi connectivity index (χ4n) is 1.97. The number of H-pyrrole nitrogens is 1. The van der Waals surface area contributed by atoms with Crippen LogP contribution < -0.4 is 0 Å². The average molecular weight is 250 g/mol. The van der Waals surface area contributed by atoms with Crippen LogP contribution in [0.1, 0.15) is 24.2 Å². The topological polar surface area (TPSA) is 86.2 Å². The predicted octanol–water partition coefficient (Wildman–Crippen LogP) is 0.906. The first-order valence-corrected chi connectivity index (χ1v) is 4.80. The normalized spacial score (nSPS) is 28.8. The maximum absolute atomic E-state index is 12.3. The van der Waals surface area contributed by atoms with Gasteiger partial charge in [-0.1, -0.05) is 0 Å². The fraction of sp³-hybridized carbons (Fsp3) is 0.556. The third kappa shape index (κ3) is 1.78. The molecule has 17 heavy (non-hydrogen) atoms. The molecule has 0 unspecified atom stereocenters. The van der Waals surface area contributed by atoms with Crippen LogP contribution in [0, 0.1) is 0 Å². The maximum atomic E-state index is 12.3. The van der Waals surface area contributed by atoms with Crippen LogP contribution in [0.3, 0.4) is 0 Å². The Morgan fingerprint density at radius 2 is 2.12 bits per heavy atom. The van der Waals surface area contributed by atoms with Crippen molar-refractivity contribution in [1.29, 1.82) is 0 Å². The summed E-state index contributed by atoms with van der Waals surface area (Å²) < 4.78 is 36.9. The number of aromatic amines is 1. The van der Waals surface area contributed by atoms with Gasteiger partial charge in [-0.25, -0.2) is 0 Å². The molecular formula is C9H9F3N2O3. The second-order valence-electron chi connectivity index (χ2n) is 4.11. The van der Waals surface area contributed by atoms with E-state index in [2.05, 4.69) is 10.2 Å². The van der Waals surface area contributed by atoms with Crippen LogP contribution in [-0.4, -0.2) is 32.5 Å². The van der Waals surface area contributed by atoms with Crippen molar-refractivity contribution in [3.8, 4) is 0 Å². The van der Waals surface area contributed by atoms with Gasteiger partial charge in [0.05, 0.1) is 11.8 Å². The summed E-state index contributed by atoms with van der Waals surface area (Å²) in [5.41, 5.74) is -2.76. The number of aliphatic carboxylic acids is 1. The van der Waals surface area contributed by atoms with E-state index < -0.39 is 29.4 Å². The van der Waals surface area contributed by atoms with Crippen molar-refractivity contribution in [3.05, 3.63) is 17.5 Å². The quantitative estimate of drug-likeness (QED) is 0.728. The molecule has 0 bridgehead atoms. The van der Waals surface area contributed by atoms with E-state index in [4.69, 9.17) is 10.2 Å². The average Bonchev–Trinajstić information content (AvgIpc) is 2.59. The van der Waals surface area contributed by atoms with Gasteiger partial charge in [-0.15, -0.1) is 0 Å². The molecule has 0 aromatic carbocycles. The highest BCUT2D eigenvalue weighted by Gasteiger charge is 2.53. The number of rotatable bonds is 2. The van der Waals surface area contributed by atoms with Gasteiger partial charge in [-0.3, -0.25) is 9.89 Å². The van der Waals surface area contributed by atoms with E-state index in [9.17, 15) is 18.0 Å². The van der Waals surface area contributed by atoms with E-state index in [1.165, 1.54) is 0 Å². The molecule has 1 aromatic heterocycles. The molecule has 2 rings (SSSR count). The Hall–Kier alpha value is -1.57. The minimum Gasteiger partial charge on any atom is -0.481 e. The number of hydrogen-bond acceptors (Lipinski definition) is 3. The van der Waals surface area contributed by atoms with Gasteiger partial charge >= 0.3 is 12.1 Å². The Kier molecular flexibility index (Phi) is 2.42. The van der Waals surface area contributed by atoms with Gasteiger partial charge in [0.2, 0.25) is 0 Å². The summed E-state index contributed by atoms with van der Waals surface area (Å²) in [5.74, 6) is -1.26. The number of hydrogen-bond donors (Lipinski definition) is 3. The van der Waals surface area contributed by atoms with Crippen LogP contribution in [0.5, 0.6) is 0 Å². The highest BCUT2D eigenvalue weighted by atomic mass is 19.4. The number of alkyl halides is 3. The van der Waals surface area contributed by atoms with Crippen molar-refractivity contribution in [2.75, 3.05) is 0 Å². The summed E-state index contributed by atoms with van der Waals surface area (Å²) in [5, 5.41) is 23.3. The fourth-order valence-corrected chi connectivity index (χ4v) is 1.97. The smallest absolute Gasteiger partial charge is 0.435 e. The zero-order chi connectivity index (χ0) is 12.8. The molecule has 5 nitrogen and oxygen atoms in total. The van der Waals surface area contributed by atoms with Gasteiger partial charge in [-0.05, 0) is 18.9 Å². The molecule has 94 valence electrons. The SMILES string of the molecule is O=C(O)C1(c2cc(C(F)(F)F)n[nH]2)CC(O)C1. The molecular weight excluding hydrogens is 241 g/mol. The predicted molar refractivity (Wildman–Crippen MR) is 48.1 cm³/mol. The summed E-state index contributed by atoms with van der Waals surface area (Å²) in [6, 6.07) is 0.681. The Bertz CT molecular complexity index is 449. The van der Waals surface area contributed by atoms with Crippen molar-refractivity contribution < 1.29 is 28.2 Å². The van der Waals surface area contributed by atoms with Crippen LogP contribution in [0.15, 0.2) is 6.07 Å². The summed E-state index contributed by atoms with van der Waals surface area (Å²) in [6.07, 6.45) is -5.63. The molecule has 1 saturated carbocycles. The lowest BCUT2D eigenvalue weighted by Gasteiger charge is -2.40. The number of carbonyl (C=O) groups is 1. The van der Waals surface area contributed by atoms with Gasteiger partial charge in [0, 0.05) is 0 Å². The van der Waals surface area contributed by atoms with Crippen molar-refractivity contribution >= 4 is 5.97 Å². The van der Waals surface area contributed by atoms with Crippen molar-refractivity contribution in [2.24, 2.45) is 0 Å². The van der Waals surface area contributed by atoms with Gasteiger partial charge in [-0.2, -0.15) is 18.3 Å². The lowest BCUT2D eigenvalue weighted by atomic mass is 9.64. The first-order valence-electron chi connectivity index (χ1n) is 4.80. The highest BCUT2D eigenvalue weighted by molar-refractivity contribution is 5.82. The van der Waals surface area contributed by atoms with E-state index in [0.29, 0.717) is 6.07 Å². The lowest BCUT2D eigenvalue weighted by molar-refractivity contribution is -0.153. The van der Waals surface area contributed by atoms with Crippen LogP contribution in [0.25, 0.3) is 0 Å². The molecule has 0 saturated heterocycles. The van der Waals surface area contributed by atoms with Gasteiger partial charge in [0.1, 0.15) is 5.41 Å². The van der Waals surface area contributed by atoms with Crippen molar-refractivity contribution in [3.63, 3.8) is 0 Å². The Balaban J connectivity index is 2.34. The largest absolute Gasteiger partial charge is 0.481 e. The molecule has 0 aliphatic heterocycles. The van der Waals surface area contributed by atoms with E-state index in [0.717, 1.165) is 0 Å². The monoisotopic (exact) mass is 250 g/mol. The first kappa shape index (κ1) is 11.9. The molecule has 8 heteroatoms. The highest BCUT2D eigenvalue weighted by Crippen LogP contribution is 2.44. The number of aliphatic hydroxyl groups is 1. The second-order valence-corrected chi connectivity index (χ2v) is 4.11. The Labute approximate surface area is 93.3 Å². The zero-order valence-electron chi connectivity index (χ0n) is 8.45. The van der Waals surface area contributed by atoms with Crippen molar-refractivity contribution in [1.82, 2.24) is 10.2 Å². The Morgan fingerprint density at radius 3 is 2.47 bits per heavy atom. The first-order chi connectivity index (χ1) is 7.75. The number of carboxylic acids is 1. The van der Waals surface area contributed by atoms with E-state index >= 15 is 0 Å². The second kappa shape index (κ2) is 3.46. The number of nitrogens with zero attached hydrogens (tertiary/aromatic N) is 1. The lowest BCUT2D eigenvalue weighted by Crippen LogP contribution is -2.50. The summed E-state index contributed by atoms with van der Waals surface area (Å²) in [6.45, 7) is 0. The van der Waals surface area contributed by atoms with E-state index in [-0.39, 0.29) is 18.5 Å². The number of halogens is 3. The summed E-state index contributed by atoms with van der Waals surface area (Å²) in [4.78, 5) is 11.1. The molecule has 3 N–H and O–H groups in total. The minimum absolute atomic E-state index is 0.109. The Morgan fingerprint density at radius 1 is 1.53 bits per heavy atom. The third-order valence-corrected chi connectivity index (χ3v) is 2.96. The zero-order valence-corrected chi connectivity index (χ0v) is 8.45. The van der Waals surface area contributed by atoms with Crippen LogP contribution in [0.2, 0.25) is 0 Å². The maximum Gasteiger partial charge on any atom is 0.435 e. The van der Waals surface area contributed by atoms with Crippen LogP contribution in [-0.2, 0) is 16.4 Å². The van der Waals surface area contributed by atoms with Crippen LogP contribution in [0.4, 0.5) is 13.2 Å². The third-order valence-electron chi connectivity index (χ3n) is 2.96. The molecule has 0 radical (unpaired) electrons. The van der Waals surface area contributed by atoms with Gasteiger partial charge < -0.3 is 10.2 Å². The summed E-state index contributed by atoms with van der Waals surface area (Å²) >= 11 is 0. The molecule has 1 aliphatic carbocycles. The molecule has 0 amide bonds. The van der Waals surface area contributed by atoms with Gasteiger partial charge in [0.25, 0.3) is 0 Å². The molecule has 1 heterocycles. The molecule has 1 fully saturated rings. The molecule has 1 aromatic rings. The number of nitrogens with one attached hydrogen (secondary N) is 1. The molecule has 0 atom stereocenters. The van der Waals surface area contributed by atoms with Crippen molar-refractivity contribution in [2.45, 2.75) is 30.5 Å². The van der Waals surface area contributed by atoms with Gasteiger partial charge in [0.15, 0.2) is 5.69 Å². The number of aromatic nitrogens is 2. The number of aliphatic hydroxyl groups excluding tert-OH is 1. The molecule has 0 spiro atoms. The summed E-state index contributed by atoms with van der Waals surface area (Å²) in [7, 11) is 0.